The number of hydrogen-bond acceptors (Lipinski definition) is 5. The Bertz CT molecular complexity index is 911. The van der Waals surface area contributed by atoms with Crippen LogP contribution in [0.25, 0.3) is 5.78 Å². The van der Waals surface area contributed by atoms with Crippen molar-refractivity contribution in [2.24, 2.45) is 5.92 Å². The SMILES string of the molecule is CC(C)(C)c1cn(CC2CCN(C(=O)c3cn4cccnc4n3)CC2)nn1. The largest absolute Gasteiger partial charge is 0.337 e. The third-order valence-corrected chi connectivity index (χ3v) is 5.11. The molecule has 0 radical (unpaired) electrons. The molecule has 0 atom stereocenters. The van der Waals surface area contributed by atoms with Crippen LogP contribution in [-0.4, -0.2) is 53.3 Å². The maximum absolute atomic E-state index is 12.7. The highest BCUT2D eigenvalue weighted by Gasteiger charge is 2.26. The van der Waals surface area contributed by atoms with Crippen LogP contribution in [0.1, 0.15) is 49.8 Å². The zero-order valence-corrected chi connectivity index (χ0v) is 16.0. The van der Waals surface area contributed by atoms with Gasteiger partial charge in [-0.15, -0.1) is 5.10 Å². The summed E-state index contributed by atoms with van der Waals surface area (Å²) in [5, 5.41) is 8.56. The van der Waals surface area contributed by atoms with Gasteiger partial charge in [-0.25, -0.2) is 9.97 Å². The number of likely N-dealkylation sites (tertiary alicyclic amines) is 1. The fraction of sp³-hybridized carbons (Fsp3) is 0.526. The lowest BCUT2D eigenvalue weighted by Crippen LogP contribution is -2.39. The lowest BCUT2D eigenvalue weighted by Gasteiger charge is -2.31. The van der Waals surface area contributed by atoms with Crippen molar-refractivity contribution in [3.63, 3.8) is 0 Å². The Morgan fingerprint density at radius 2 is 2.00 bits per heavy atom. The van der Waals surface area contributed by atoms with Gasteiger partial charge in [0.25, 0.3) is 5.91 Å². The highest BCUT2D eigenvalue weighted by atomic mass is 16.2. The molecule has 0 bridgehead atoms. The van der Waals surface area contributed by atoms with Gasteiger partial charge in [0.2, 0.25) is 5.78 Å². The summed E-state index contributed by atoms with van der Waals surface area (Å²) in [6.45, 7) is 8.75. The van der Waals surface area contributed by atoms with Gasteiger partial charge in [0.1, 0.15) is 5.69 Å². The maximum atomic E-state index is 12.7. The van der Waals surface area contributed by atoms with Crippen molar-refractivity contribution in [1.82, 2.24) is 34.3 Å². The van der Waals surface area contributed by atoms with E-state index in [4.69, 9.17) is 0 Å². The molecule has 0 aliphatic carbocycles. The van der Waals surface area contributed by atoms with Crippen molar-refractivity contribution >= 4 is 11.7 Å². The number of imidazole rings is 1. The lowest BCUT2D eigenvalue weighted by atomic mass is 9.93. The number of carbonyl (C=O) groups excluding carboxylic acids is 1. The van der Waals surface area contributed by atoms with Crippen molar-refractivity contribution in [3.8, 4) is 0 Å². The highest BCUT2D eigenvalue weighted by molar-refractivity contribution is 5.92. The second-order valence-corrected chi connectivity index (χ2v) is 8.26. The van der Waals surface area contributed by atoms with Crippen LogP contribution < -0.4 is 0 Å². The molecule has 4 heterocycles. The van der Waals surface area contributed by atoms with Crippen LogP contribution in [0, 0.1) is 5.92 Å². The Kier molecular flexibility index (Phi) is 4.41. The van der Waals surface area contributed by atoms with Gasteiger partial charge in [0.15, 0.2) is 0 Å². The Morgan fingerprint density at radius 3 is 2.67 bits per heavy atom. The molecule has 8 nitrogen and oxygen atoms in total. The van der Waals surface area contributed by atoms with Crippen molar-refractivity contribution < 1.29 is 4.79 Å². The molecular weight excluding hydrogens is 342 g/mol. The topological polar surface area (TPSA) is 81.2 Å². The minimum Gasteiger partial charge on any atom is -0.337 e. The molecule has 27 heavy (non-hydrogen) atoms. The summed E-state index contributed by atoms with van der Waals surface area (Å²) in [7, 11) is 0. The molecule has 0 unspecified atom stereocenters. The Balaban J connectivity index is 1.35. The van der Waals surface area contributed by atoms with Crippen LogP contribution in [0.2, 0.25) is 0 Å². The number of amides is 1. The van der Waals surface area contributed by atoms with E-state index in [0.717, 1.165) is 38.2 Å². The third-order valence-electron chi connectivity index (χ3n) is 5.11. The summed E-state index contributed by atoms with van der Waals surface area (Å²) >= 11 is 0. The molecule has 0 N–H and O–H groups in total. The van der Waals surface area contributed by atoms with Crippen LogP contribution in [0.3, 0.4) is 0 Å². The minimum absolute atomic E-state index is 0.0109. The van der Waals surface area contributed by atoms with Gasteiger partial charge >= 0.3 is 0 Å². The fourth-order valence-electron chi connectivity index (χ4n) is 3.41. The number of rotatable bonds is 3. The predicted molar refractivity (Wildman–Crippen MR) is 100 cm³/mol. The van der Waals surface area contributed by atoms with Crippen LogP contribution in [0.4, 0.5) is 0 Å². The first-order valence-electron chi connectivity index (χ1n) is 9.40. The Labute approximate surface area is 158 Å². The van der Waals surface area contributed by atoms with Crippen molar-refractivity contribution in [2.75, 3.05) is 13.1 Å². The Hall–Kier alpha value is -2.77. The third kappa shape index (κ3) is 3.70. The summed E-state index contributed by atoms with van der Waals surface area (Å²) in [4.78, 5) is 23.1. The van der Waals surface area contributed by atoms with E-state index >= 15 is 0 Å². The molecule has 1 aliphatic heterocycles. The number of hydrogen-bond donors (Lipinski definition) is 0. The first kappa shape index (κ1) is 17.6. The van der Waals surface area contributed by atoms with Gasteiger partial charge < -0.3 is 4.90 Å². The van der Waals surface area contributed by atoms with Crippen molar-refractivity contribution in [1.29, 1.82) is 0 Å². The molecular formula is C19H25N7O. The van der Waals surface area contributed by atoms with Crippen LogP contribution in [-0.2, 0) is 12.0 Å². The number of fused-ring (bicyclic) bond motifs is 1. The molecule has 0 spiro atoms. The number of carbonyl (C=O) groups is 1. The van der Waals surface area contributed by atoms with E-state index in [1.165, 1.54) is 0 Å². The summed E-state index contributed by atoms with van der Waals surface area (Å²) in [5.41, 5.74) is 1.48. The van der Waals surface area contributed by atoms with Crippen LogP contribution >= 0.6 is 0 Å². The number of nitrogens with zero attached hydrogens (tertiary/aromatic N) is 7. The van der Waals surface area contributed by atoms with Gasteiger partial charge in [-0.1, -0.05) is 26.0 Å². The predicted octanol–water partition coefficient (Wildman–Crippen LogP) is 2.17. The minimum atomic E-state index is -0.0188. The summed E-state index contributed by atoms with van der Waals surface area (Å²) in [5.74, 6) is 1.04. The molecule has 1 saturated heterocycles. The average molecular weight is 367 g/mol. The zero-order valence-electron chi connectivity index (χ0n) is 16.0. The van der Waals surface area contributed by atoms with Gasteiger partial charge in [0.05, 0.1) is 5.69 Å². The zero-order chi connectivity index (χ0) is 19.0. The molecule has 1 fully saturated rings. The fourth-order valence-corrected chi connectivity index (χ4v) is 3.41. The van der Waals surface area contributed by atoms with E-state index in [1.807, 2.05) is 28.0 Å². The van der Waals surface area contributed by atoms with Crippen molar-refractivity contribution in [2.45, 2.75) is 45.6 Å². The van der Waals surface area contributed by atoms with E-state index in [9.17, 15) is 4.79 Å². The monoisotopic (exact) mass is 367 g/mol. The molecule has 3 aromatic rings. The van der Waals surface area contributed by atoms with Gasteiger partial charge in [-0.3, -0.25) is 13.9 Å². The maximum Gasteiger partial charge on any atom is 0.274 e. The first-order valence-corrected chi connectivity index (χ1v) is 9.40. The molecule has 1 amide bonds. The molecule has 4 rings (SSSR count). The number of piperidine rings is 1. The Morgan fingerprint density at radius 1 is 1.22 bits per heavy atom. The normalized spacial score (nSPS) is 16.2. The van der Waals surface area contributed by atoms with E-state index in [1.54, 1.807) is 16.8 Å². The summed E-state index contributed by atoms with van der Waals surface area (Å²) < 4.78 is 3.72. The van der Waals surface area contributed by atoms with Crippen LogP contribution in [0.5, 0.6) is 0 Å². The van der Waals surface area contributed by atoms with E-state index in [0.29, 0.717) is 17.4 Å². The molecule has 3 aromatic heterocycles. The van der Waals surface area contributed by atoms with E-state index in [2.05, 4.69) is 41.1 Å². The molecule has 0 saturated carbocycles. The average Bonchev–Trinajstić information content (AvgIpc) is 3.28. The standard InChI is InChI=1S/C19H25N7O/c1-19(2,3)16-13-26(23-22-16)11-14-5-9-24(10-6-14)17(27)15-12-25-8-4-7-20-18(25)21-15/h4,7-8,12-14H,5-6,9-11H2,1-3H3. The molecule has 1 aliphatic rings. The van der Waals surface area contributed by atoms with Crippen molar-refractivity contribution in [3.05, 3.63) is 42.2 Å². The first-order chi connectivity index (χ1) is 12.9. The van der Waals surface area contributed by atoms with Gasteiger partial charge in [0, 0.05) is 49.8 Å². The van der Waals surface area contributed by atoms with Gasteiger partial charge in [-0.2, -0.15) is 0 Å². The summed E-state index contributed by atoms with van der Waals surface area (Å²) in [6, 6.07) is 1.82. The molecule has 0 aromatic carbocycles. The smallest absolute Gasteiger partial charge is 0.274 e. The highest BCUT2D eigenvalue weighted by Crippen LogP contribution is 2.22. The van der Waals surface area contributed by atoms with Crippen LogP contribution in [0.15, 0.2) is 30.9 Å². The van der Waals surface area contributed by atoms with E-state index < -0.39 is 0 Å². The summed E-state index contributed by atoms with van der Waals surface area (Å²) in [6.07, 6.45) is 9.24. The second-order valence-electron chi connectivity index (χ2n) is 8.26. The quantitative estimate of drug-likeness (QED) is 0.709. The van der Waals surface area contributed by atoms with Gasteiger partial charge in [-0.05, 0) is 24.8 Å². The lowest BCUT2D eigenvalue weighted by molar-refractivity contribution is 0.0675. The van der Waals surface area contributed by atoms with E-state index in [-0.39, 0.29) is 11.3 Å². The second kappa shape index (κ2) is 6.75. The molecule has 8 heteroatoms. The molecule has 142 valence electrons. The number of aromatic nitrogens is 6.